The Morgan fingerprint density at radius 1 is 0.643 bits per heavy atom. The molecule has 2 rings (SSSR count). The van der Waals surface area contributed by atoms with Gasteiger partial charge in [-0.2, -0.15) is 0 Å². The van der Waals surface area contributed by atoms with Crippen LogP contribution in [-0.4, -0.2) is 31.9 Å². The molecule has 0 heterocycles. The zero-order valence-corrected chi connectivity index (χ0v) is 27.8. The Bertz CT molecular complexity index is 1350. The van der Waals surface area contributed by atoms with Crippen LogP contribution in [0.5, 0.6) is 17.2 Å². The first kappa shape index (κ1) is 34.6. The molecule has 0 aromatic heterocycles. The molecule has 7 heteroatoms. The van der Waals surface area contributed by atoms with Gasteiger partial charge < -0.3 is 18.9 Å². The number of Topliss-reactive ketones (excluding diaryl/α,β-unsaturated/α-hetero) is 1. The summed E-state index contributed by atoms with van der Waals surface area (Å²) in [6, 6.07) is 8.31. The summed E-state index contributed by atoms with van der Waals surface area (Å²) in [6.45, 7) is 23.0. The van der Waals surface area contributed by atoms with Gasteiger partial charge in [0.2, 0.25) is 5.78 Å². The van der Waals surface area contributed by atoms with Gasteiger partial charge >= 0.3 is 11.9 Å². The Balaban J connectivity index is 2.81. The van der Waals surface area contributed by atoms with E-state index in [1.165, 1.54) is 7.11 Å². The Morgan fingerprint density at radius 3 is 1.50 bits per heavy atom. The van der Waals surface area contributed by atoms with Crippen LogP contribution < -0.4 is 14.2 Å². The SMILES string of the molecule is COC(=Cc1c(OC)c(C(C)(C)C)cc(C(C)(C)C)c1OC(=O)C(C)(C)C)C(=O)c1ccc(OC(=O)C(C)(C)C)cc1. The first-order chi connectivity index (χ1) is 19.0. The lowest BCUT2D eigenvalue weighted by atomic mass is 9.78. The van der Waals surface area contributed by atoms with Gasteiger partial charge in [-0.3, -0.25) is 14.4 Å². The maximum absolute atomic E-state index is 13.7. The Labute approximate surface area is 251 Å². The molecule has 0 bridgehead atoms. The number of carbonyl (C=O) groups is 3. The molecule has 0 saturated heterocycles. The van der Waals surface area contributed by atoms with Gasteiger partial charge in [0.25, 0.3) is 0 Å². The summed E-state index contributed by atoms with van der Waals surface area (Å²) < 4.78 is 23.1. The van der Waals surface area contributed by atoms with Crippen molar-refractivity contribution in [2.24, 2.45) is 10.8 Å². The first-order valence-corrected chi connectivity index (χ1v) is 14.1. The smallest absolute Gasteiger partial charge is 0.316 e. The van der Waals surface area contributed by atoms with Gasteiger partial charge in [-0.1, -0.05) is 41.5 Å². The highest BCUT2D eigenvalue weighted by molar-refractivity contribution is 6.10. The van der Waals surface area contributed by atoms with Crippen LogP contribution in [0.4, 0.5) is 0 Å². The number of esters is 2. The largest absolute Gasteiger partial charge is 0.496 e. The summed E-state index contributed by atoms with van der Waals surface area (Å²) in [5.74, 6) is -0.0412. The highest BCUT2D eigenvalue weighted by Gasteiger charge is 2.34. The van der Waals surface area contributed by atoms with Gasteiger partial charge in [0.1, 0.15) is 17.2 Å². The van der Waals surface area contributed by atoms with Gasteiger partial charge in [0, 0.05) is 16.7 Å². The number of allylic oxidation sites excluding steroid dienone is 1. The molecule has 7 nitrogen and oxygen atoms in total. The first-order valence-electron chi connectivity index (χ1n) is 14.1. The van der Waals surface area contributed by atoms with Crippen LogP contribution in [0.1, 0.15) is 110 Å². The topological polar surface area (TPSA) is 88.1 Å². The summed E-state index contributed by atoms with van der Waals surface area (Å²) in [7, 11) is 2.97. The van der Waals surface area contributed by atoms with Crippen LogP contribution in [0.25, 0.3) is 6.08 Å². The molecule has 2 aromatic rings. The van der Waals surface area contributed by atoms with Crippen molar-refractivity contribution in [3.63, 3.8) is 0 Å². The molecule has 0 aliphatic heterocycles. The number of hydrogen-bond donors (Lipinski definition) is 0. The number of ketones is 1. The van der Waals surface area contributed by atoms with E-state index in [2.05, 4.69) is 20.8 Å². The van der Waals surface area contributed by atoms with Crippen molar-refractivity contribution in [1.82, 2.24) is 0 Å². The van der Waals surface area contributed by atoms with E-state index in [1.54, 1.807) is 79.0 Å². The number of benzene rings is 2. The van der Waals surface area contributed by atoms with E-state index >= 15 is 0 Å². The van der Waals surface area contributed by atoms with Crippen LogP contribution in [-0.2, 0) is 25.2 Å². The fraction of sp³-hybridized carbons (Fsp3) is 0.514. The lowest BCUT2D eigenvalue weighted by Crippen LogP contribution is -2.28. The average Bonchev–Trinajstić information content (AvgIpc) is 2.84. The second-order valence-corrected chi connectivity index (χ2v) is 14.6. The second-order valence-electron chi connectivity index (χ2n) is 14.6. The van der Waals surface area contributed by atoms with Gasteiger partial charge in [-0.25, -0.2) is 0 Å². The molecule has 0 amide bonds. The van der Waals surface area contributed by atoms with Gasteiger partial charge in [-0.05, 0) is 88.8 Å². The van der Waals surface area contributed by atoms with Crippen molar-refractivity contribution in [2.45, 2.75) is 93.9 Å². The number of ether oxygens (including phenoxy) is 4. The molecule has 0 spiro atoms. The summed E-state index contributed by atoms with van der Waals surface area (Å²) in [5.41, 5.74) is 0.264. The molecule has 0 radical (unpaired) electrons. The Hall–Kier alpha value is -3.61. The molecule has 0 fully saturated rings. The minimum absolute atomic E-state index is 0.0201. The van der Waals surface area contributed by atoms with Crippen LogP contribution >= 0.6 is 0 Å². The number of hydrogen-bond acceptors (Lipinski definition) is 7. The third-order valence-corrected chi connectivity index (χ3v) is 6.55. The molecular weight excluding hydrogens is 532 g/mol. The Morgan fingerprint density at radius 2 is 1.10 bits per heavy atom. The van der Waals surface area contributed by atoms with Crippen LogP contribution in [0.15, 0.2) is 36.1 Å². The molecule has 0 unspecified atom stereocenters. The quantitative estimate of drug-likeness (QED) is 0.108. The predicted molar refractivity (Wildman–Crippen MR) is 166 cm³/mol. The van der Waals surface area contributed by atoms with Crippen molar-refractivity contribution in [3.8, 4) is 17.2 Å². The molecule has 0 aliphatic carbocycles. The fourth-order valence-electron chi connectivity index (χ4n) is 3.91. The maximum Gasteiger partial charge on any atom is 0.316 e. The minimum Gasteiger partial charge on any atom is -0.496 e. The van der Waals surface area contributed by atoms with Gasteiger partial charge in [0.05, 0.1) is 30.6 Å². The third kappa shape index (κ3) is 8.24. The molecule has 0 saturated carbocycles. The molecular formula is C35H48O7. The summed E-state index contributed by atoms with van der Waals surface area (Å²) in [5, 5.41) is 0. The van der Waals surface area contributed by atoms with Crippen molar-refractivity contribution >= 4 is 23.8 Å². The van der Waals surface area contributed by atoms with Crippen molar-refractivity contribution in [3.05, 3.63) is 58.3 Å². The standard InChI is InChI=1S/C35H48O7/c1-32(2,3)24-20-25(33(4,5)6)29(42-31(38)35(10,11)12)23(28(24)40-14)19-26(39-13)27(36)21-15-17-22(18-16-21)41-30(37)34(7,8)9/h15-20H,1-14H3. The second kappa shape index (κ2) is 12.3. The van der Waals surface area contributed by atoms with Crippen LogP contribution in [0, 0.1) is 10.8 Å². The summed E-state index contributed by atoms with van der Waals surface area (Å²) >= 11 is 0. The lowest BCUT2D eigenvalue weighted by Gasteiger charge is -2.31. The lowest BCUT2D eigenvalue weighted by molar-refractivity contribution is -0.143. The van der Waals surface area contributed by atoms with Crippen molar-refractivity contribution in [1.29, 1.82) is 0 Å². The van der Waals surface area contributed by atoms with Crippen molar-refractivity contribution < 1.29 is 33.3 Å². The van der Waals surface area contributed by atoms with Crippen LogP contribution in [0.3, 0.4) is 0 Å². The highest BCUT2D eigenvalue weighted by Crippen LogP contribution is 2.46. The van der Waals surface area contributed by atoms with E-state index < -0.39 is 28.0 Å². The fourth-order valence-corrected chi connectivity index (χ4v) is 3.91. The molecule has 0 atom stereocenters. The van der Waals surface area contributed by atoms with E-state index in [0.717, 1.165) is 11.1 Å². The number of methoxy groups -OCH3 is 2. The Kier molecular flexibility index (Phi) is 10.1. The average molecular weight is 581 g/mol. The maximum atomic E-state index is 13.7. The van der Waals surface area contributed by atoms with Gasteiger partial charge in [0.15, 0.2) is 5.76 Å². The van der Waals surface area contributed by atoms with E-state index in [-0.39, 0.29) is 17.1 Å². The van der Waals surface area contributed by atoms with Crippen LogP contribution in [0.2, 0.25) is 0 Å². The minimum atomic E-state index is -0.774. The monoisotopic (exact) mass is 580 g/mol. The normalized spacial score (nSPS) is 13.0. The van der Waals surface area contributed by atoms with Gasteiger partial charge in [-0.15, -0.1) is 0 Å². The van der Waals surface area contributed by atoms with E-state index in [9.17, 15) is 14.4 Å². The highest BCUT2D eigenvalue weighted by atomic mass is 16.5. The zero-order chi connectivity index (χ0) is 32.4. The van der Waals surface area contributed by atoms with E-state index in [1.807, 2.05) is 26.8 Å². The number of rotatable bonds is 7. The summed E-state index contributed by atoms with van der Waals surface area (Å²) in [6.07, 6.45) is 1.57. The third-order valence-electron chi connectivity index (χ3n) is 6.55. The molecule has 0 aliphatic rings. The molecule has 2 aromatic carbocycles. The van der Waals surface area contributed by atoms with Crippen molar-refractivity contribution in [2.75, 3.05) is 14.2 Å². The molecule has 230 valence electrons. The van der Waals surface area contributed by atoms with E-state index in [4.69, 9.17) is 18.9 Å². The summed E-state index contributed by atoms with van der Waals surface area (Å²) in [4.78, 5) is 39.2. The number of carbonyl (C=O) groups excluding carboxylic acids is 3. The molecule has 0 N–H and O–H groups in total. The zero-order valence-electron chi connectivity index (χ0n) is 27.8. The predicted octanol–water partition coefficient (Wildman–Crippen LogP) is 8.06. The van der Waals surface area contributed by atoms with E-state index in [0.29, 0.717) is 28.4 Å². The molecule has 42 heavy (non-hydrogen) atoms.